The first-order valence-corrected chi connectivity index (χ1v) is 9.62. The van der Waals surface area contributed by atoms with E-state index in [4.69, 9.17) is 14.2 Å². The summed E-state index contributed by atoms with van der Waals surface area (Å²) in [5.41, 5.74) is 0. The normalized spacial score (nSPS) is 20.7. The van der Waals surface area contributed by atoms with E-state index in [9.17, 15) is 19.2 Å². The van der Waals surface area contributed by atoms with Crippen molar-refractivity contribution in [2.45, 2.75) is 52.0 Å². The fourth-order valence-corrected chi connectivity index (χ4v) is 2.95. The van der Waals surface area contributed by atoms with Gasteiger partial charge in [0, 0.05) is 24.3 Å². The van der Waals surface area contributed by atoms with Gasteiger partial charge in [-0.15, -0.1) is 0 Å². The predicted molar refractivity (Wildman–Crippen MR) is 103 cm³/mol. The Morgan fingerprint density at radius 3 is 1.48 bits per heavy atom. The van der Waals surface area contributed by atoms with E-state index in [1.54, 1.807) is 13.8 Å². The van der Waals surface area contributed by atoms with Crippen LogP contribution in [0.4, 0.5) is 0 Å². The molecule has 160 valence electrons. The molecule has 0 aromatic carbocycles. The van der Waals surface area contributed by atoms with Crippen molar-refractivity contribution in [3.63, 3.8) is 0 Å². The zero-order valence-electron chi connectivity index (χ0n) is 17.2. The molecule has 0 saturated carbocycles. The molecule has 0 radical (unpaired) electrons. The molecule has 0 aliphatic carbocycles. The highest BCUT2D eigenvalue weighted by Crippen LogP contribution is 2.11. The maximum Gasteiger partial charge on any atom is 0.253 e. The van der Waals surface area contributed by atoms with Crippen molar-refractivity contribution < 1.29 is 33.4 Å². The first kappa shape index (κ1) is 22.9. The summed E-state index contributed by atoms with van der Waals surface area (Å²) in [5, 5.41) is 0. The van der Waals surface area contributed by atoms with E-state index < -0.39 is 0 Å². The molecule has 29 heavy (non-hydrogen) atoms. The lowest BCUT2D eigenvalue weighted by molar-refractivity contribution is -0.142. The summed E-state index contributed by atoms with van der Waals surface area (Å²) in [6, 6.07) is -0.716. The summed E-state index contributed by atoms with van der Waals surface area (Å²) < 4.78 is 16.9. The lowest BCUT2D eigenvalue weighted by atomic mass is 10.3. The van der Waals surface area contributed by atoms with Crippen LogP contribution < -0.4 is 0 Å². The molecule has 0 fully saturated rings. The second kappa shape index (κ2) is 10.4. The molecule has 9 nitrogen and oxygen atoms in total. The molecule has 2 aliphatic heterocycles. The number of rotatable bonds is 12. The third kappa shape index (κ3) is 6.31. The third-order valence-corrected chi connectivity index (χ3v) is 4.52. The van der Waals surface area contributed by atoms with Crippen molar-refractivity contribution in [1.82, 2.24) is 9.80 Å². The third-order valence-electron chi connectivity index (χ3n) is 4.52. The van der Waals surface area contributed by atoms with Gasteiger partial charge in [-0.05, 0) is 27.7 Å². The van der Waals surface area contributed by atoms with E-state index in [1.165, 1.54) is 24.3 Å². The number of hydrogen-bond donors (Lipinski definition) is 0. The molecule has 0 spiro atoms. The molecule has 0 aromatic heterocycles. The molecular formula is C20H28N2O7. The fourth-order valence-electron chi connectivity index (χ4n) is 2.95. The van der Waals surface area contributed by atoms with Crippen LogP contribution in [0.25, 0.3) is 0 Å². The van der Waals surface area contributed by atoms with Crippen molar-refractivity contribution in [2.24, 2.45) is 0 Å². The minimum absolute atomic E-state index is 0.209. The number of carbonyl (C=O) groups excluding carboxylic acids is 4. The van der Waals surface area contributed by atoms with E-state index in [-0.39, 0.29) is 61.1 Å². The summed E-state index contributed by atoms with van der Waals surface area (Å²) >= 11 is 0. The quantitative estimate of drug-likeness (QED) is 0.432. The molecule has 0 aromatic rings. The Labute approximate surface area is 170 Å². The predicted octanol–water partition coefficient (Wildman–Crippen LogP) is 0.440. The molecule has 0 saturated heterocycles. The molecule has 4 unspecified atom stereocenters. The number of nitrogens with zero attached hydrogens (tertiary/aromatic N) is 2. The number of amides is 4. The monoisotopic (exact) mass is 408 g/mol. The maximum atomic E-state index is 11.6. The van der Waals surface area contributed by atoms with Crippen LogP contribution in [0.15, 0.2) is 24.3 Å². The van der Waals surface area contributed by atoms with Gasteiger partial charge >= 0.3 is 0 Å². The number of imide groups is 2. The topological polar surface area (TPSA) is 102 Å². The number of ether oxygens (including phenoxy) is 3. The minimum Gasteiger partial charge on any atom is -0.377 e. The highest BCUT2D eigenvalue weighted by Gasteiger charge is 2.29. The second-order valence-corrected chi connectivity index (χ2v) is 7.28. The fraction of sp³-hybridized carbons (Fsp3) is 0.600. The summed E-state index contributed by atoms with van der Waals surface area (Å²) in [6.45, 7) is 8.25. The molecule has 4 atom stereocenters. The maximum absolute atomic E-state index is 11.6. The Morgan fingerprint density at radius 1 is 0.621 bits per heavy atom. The van der Waals surface area contributed by atoms with Gasteiger partial charge in [0.1, 0.15) is 0 Å². The van der Waals surface area contributed by atoms with Gasteiger partial charge < -0.3 is 14.2 Å². The first-order chi connectivity index (χ1) is 13.7. The molecule has 2 aliphatic rings. The highest BCUT2D eigenvalue weighted by atomic mass is 16.6. The molecule has 4 amide bonds. The smallest absolute Gasteiger partial charge is 0.253 e. The lowest BCUT2D eigenvalue weighted by Crippen LogP contribution is -2.42. The van der Waals surface area contributed by atoms with Gasteiger partial charge in [0.05, 0.1) is 50.7 Å². The van der Waals surface area contributed by atoms with Crippen LogP contribution in [0, 0.1) is 0 Å². The molecular weight excluding hydrogens is 380 g/mol. The standard InChI is InChI=1S/C20H28N2O7/c1-13(21-17(23)5-6-18(21)24)9-27-11-15(3)29-12-16(4)28-10-14(2)22-19(25)7-8-20(22)26/h5-8,13-16H,9-12H2,1-4H3. The Kier molecular flexibility index (Phi) is 8.24. The van der Waals surface area contributed by atoms with Crippen LogP contribution in [-0.2, 0) is 33.4 Å². The van der Waals surface area contributed by atoms with Gasteiger partial charge in [0.25, 0.3) is 23.6 Å². The lowest BCUT2D eigenvalue weighted by Gasteiger charge is -2.25. The minimum atomic E-state index is -0.361. The Hall–Kier alpha value is -2.36. The number of hydrogen-bond acceptors (Lipinski definition) is 7. The Morgan fingerprint density at radius 2 is 1.00 bits per heavy atom. The van der Waals surface area contributed by atoms with Crippen molar-refractivity contribution in [2.75, 3.05) is 26.4 Å². The average Bonchev–Trinajstić information content (AvgIpc) is 3.18. The van der Waals surface area contributed by atoms with E-state index >= 15 is 0 Å². The zero-order chi connectivity index (χ0) is 21.6. The Balaban J connectivity index is 1.59. The summed E-state index contributed by atoms with van der Waals surface area (Å²) in [5.74, 6) is -1.32. The van der Waals surface area contributed by atoms with Crippen molar-refractivity contribution >= 4 is 23.6 Å². The summed E-state index contributed by atoms with van der Waals surface area (Å²) in [6.07, 6.45) is 4.56. The SMILES string of the molecule is CC(COCC(C)N1C(=O)C=CC1=O)OCC(C)OCC(C)N1C(=O)C=CC1=O. The van der Waals surface area contributed by atoms with Crippen molar-refractivity contribution in [1.29, 1.82) is 0 Å². The van der Waals surface area contributed by atoms with Crippen LogP contribution in [-0.4, -0.2) is 84.1 Å². The van der Waals surface area contributed by atoms with Gasteiger partial charge in [0.15, 0.2) is 0 Å². The Bertz CT molecular complexity index is 667. The first-order valence-electron chi connectivity index (χ1n) is 9.62. The van der Waals surface area contributed by atoms with E-state index in [1.807, 2.05) is 13.8 Å². The van der Waals surface area contributed by atoms with Crippen LogP contribution in [0.5, 0.6) is 0 Å². The van der Waals surface area contributed by atoms with E-state index in [2.05, 4.69) is 0 Å². The molecule has 2 rings (SSSR count). The van der Waals surface area contributed by atoms with Crippen molar-refractivity contribution in [3.8, 4) is 0 Å². The van der Waals surface area contributed by atoms with Crippen LogP contribution >= 0.6 is 0 Å². The summed E-state index contributed by atoms with van der Waals surface area (Å²) in [7, 11) is 0. The van der Waals surface area contributed by atoms with Crippen molar-refractivity contribution in [3.05, 3.63) is 24.3 Å². The molecule has 0 bridgehead atoms. The van der Waals surface area contributed by atoms with E-state index in [0.717, 1.165) is 9.80 Å². The van der Waals surface area contributed by atoms with E-state index in [0.29, 0.717) is 13.2 Å². The molecule has 2 heterocycles. The average molecular weight is 408 g/mol. The summed E-state index contributed by atoms with van der Waals surface area (Å²) in [4.78, 5) is 48.8. The van der Waals surface area contributed by atoms with Gasteiger partial charge in [-0.3, -0.25) is 29.0 Å². The van der Waals surface area contributed by atoms with Gasteiger partial charge in [-0.25, -0.2) is 0 Å². The molecule has 9 heteroatoms. The number of carbonyl (C=O) groups is 4. The highest BCUT2D eigenvalue weighted by molar-refractivity contribution is 6.13. The second-order valence-electron chi connectivity index (χ2n) is 7.28. The van der Waals surface area contributed by atoms with Crippen LogP contribution in [0.1, 0.15) is 27.7 Å². The zero-order valence-corrected chi connectivity index (χ0v) is 17.2. The van der Waals surface area contributed by atoms with Crippen LogP contribution in [0.3, 0.4) is 0 Å². The molecule has 0 N–H and O–H groups in total. The van der Waals surface area contributed by atoms with Gasteiger partial charge in [-0.2, -0.15) is 0 Å². The van der Waals surface area contributed by atoms with Gasteiger partial charge in [0.2, 0.25) is 0 Å². The van der Waals surface area contributed by atoms with Gasteiger partial charge in [-0.1, -0.05) is 0 Å². The largest absolute Gasteiger partial charge is 0.377 e. The van der Waals surface area contributed by atoms with Crippen LogP contribution in [0.2, 0.25) is 0 Å².